The Morgan fingerprint density at radius 2 is 1.69 bits per heavy atom. The third kappa shape index (κ3) is 7.35. The predicted octanol–water partition coefficient (Wildman–Crippen LogP) is 3.76. The summed E-state index contributed by atoms with van der Waals surface area (Å²) in [5.41, 5.74) is 2.16. The van der Waals surface area contributed by atoms with Crippen molar-refractivity contribution in [3.8, 4) is 5.75 Å². The molecule has 0 aromatic heterocycles. The summed E-state index contributed by atoms with van der Waals surface area (Å²) in [4.78, 5) is 12.6. The maximum absolute atomic E-state index is 12.7. The average Bonchev–Trinajstić information content (AvgIpc) is 2.79. The molecule has 2 aromatic carbocycles. The minimum Gasteiger partial charge on any atom is -0.491 e. The molecule has 0 saturated carbocycles. The lowest BCUT2D eigenvalue weighted by Crippen LogP contribution is -2.43. The van der Waals surface area contributed by atoms with Gasteiger partial charge in [-0.15, -0.1) is 0 Å². The number of aryl methyl sites for hydroxylation is 1. The Hall–Kier alpha value is -2.38. The van der Waals surface area contributed by atoms with Crippen LogP contribution in [-0.2, 0) is 27.8 Å². The minimum absolute atomic E-state index is 0.00590. The van der Waals surface area contributed by atoms with Gasteiger partial charge in [-0.3, -0.25) is 4.79 Å². The zero-order chi connectivity index (χ0) is 23.0. The first-order valence-electron chi connectivity index (χ1n) is 11.4. The molecule has 6 nitrogen and oxygen atoms in total. The molecule has 0 bridgehead atoms. The minimum atomic E-state index is -3.28. The van der Waals surface area contributed by atoms with Crippen LogP contribution < -0.4 is 10.1 Å². The van der Waals surface area contributed by atoms with Crippen LogP contribution in [0.25, 0.3) is 0 Å². The summed E-state index contributed by atoms with van der Waals surface area (Å²) in [7, 11) is -3.28. The second kappa shape index (κ2) is 11.5. The molecule has 1 aliphatic heterocycles. The second-order valence-corrected chi connectivity index (χ2v) is 10.7. The summed E-state index contributed by atoms with van der Waals surface area (Å²) >= 11 is 0. The second-order valence-electron chi connectivity index (χ2n) is 8.61. The molecule has 2 aromatic rings. The van der Waals surface area contributed by atoms with Gasteiger partial charge >= 0.3 is 0 Å². The van der Waals surface area contributed by atoms with Crippen molar-refractivity contribution in [2.75, 3.05) is 18.8 Å². The SMILES string of the molecule is CC(C)Oc1ccc(CNC(=O)C2CCN(S(=O)(=O)CCCc3ccccc3)CC2)cc1. The van der Waals surface area contributed by atoms with Crippen LogP contribution in [-0.4, -0.2) is 43.6 Å². The van der Waals surface area contributed by atoms with Crippen molar-refractivity contribution in [1.29, 1.82) is 0 Å². The molecule has 0 spiro atoms. The number of nitrogens with zero attached hydrogens (tertiary/aromatic N) is 1. The molecule has 0 aliphatic carbocycles. The highest BCUT2D eigenvalue weighted by Crippen LogP contribution is 2.21. The van der Waals surface area contributed by atoms with Crippen molar-refractivity contribution in [3.05, 3.63) is 65.7 Å². The van der Waals surface area contributed by atoms with Gasteiger partial charge in [-0.05, 0) is 62.8 Å². The van der Waals surface area contributed by atoms with Crippen LogP contribution in [0.15, 0.2) is 54.6 Å². The van der Waals surface area contributed by atoms with E-state index in [1.165, 1.54) is 0 Å². The molecule has 1 aliphatic rings. The molecule has 0 atom stereocenters. The van der Waals surface area contributed by atoms with E-state index in [9.17, 15) is 13.2 Å². The number of hydrogen-bond donors (Lipinski definition) is 1. The number of hydrogen-bond acceptors (Lipinski definition) is 4. The Morgan fingerprint density at radius 1 is 1.03 bits per heavy atom. The monoisotopic (exact) mass is 458 g/mol. The van der Waals surface area contributed by atoms with Crippen LogP contribution >= 0.6 is 0 Å². The Morgan fingerprint density at radius 3 is 2.31 bits per heavy atom. The van der Waals surface area contributed by atoms with Crippen LogP contribution in [0, 0.1) is 5.92 Å². The number of nitrogens with one attached hydrogen (secondary N) is 1. The van der Waals surface area contributed by atoms with Gasteiger partial charge < -0.3 is 10.1 Å². The summed E-state index contributed by atoms with van der Waals surface area (Å²) in [6, 6.07) is 17.6. The number of sulfonamides is 1. The molecule has 1 saturated heterocycles. The molecular formula is C25H34N2O4S. The van der Waals surface area contributed by atoms with Crippen LogP contribution in [0.2, 0.25) is 0 Å². The first-order valence-corrected chi connectivity index (χ1v) is 13.0. The summed E-state index contributed by atoms with van der Waals surface area (Å²) in [6.07, 6.45) is 2.60. The van der Waals surface area contributed by atoms with E-state index >= 15 is 0 Å². The smallest absolute Gasteiger partial charge is 0.223 e. The fourth-order valence-corrected chi connectivity index (χ4v) is 5.45. The van der Waals surface area contributed by atoms with Gasteiger partial charge in [0.25, 0.3) is 0 Å². The Balaban J connectivity index is 1.39. The number of carbonyl (C=O) groups is 1. The van der Waals surface area contributed by atoms with Gasteiger partial charge in [-0.1, -0.05) is 42.5 Å². The van der Waals surface area contributed by atoms with Crippen LogP contribution in [0.1, 0.15) is 44.2 Å². The van der Waals surface area contributed by atoms with Gasteiger partial charge in [-0.25, -0.2) is 12.7 Å². The molecule has 32 heavy (non-hydrogen) atoms. The number of rotatable bonds is 10. The van der Waals surface area contributed by atoms with E-state index in [4.69, 9.17) is 4.74 Å². The number of benzene rings is 2. The van der Waals surface area contributed by atoms with E-state index in [1.807, 2.05) is 68.4 Å². The van der Waals surface area contributed by atoms with Crippen LogP contribution in [0.5, 0.6) is 5.75 Å². The van der Waals surface area contributed by atoms with Gasteiger partial charge in [-0.2, -0.15) is 0 Å². The van der Waals surface area contributed by atoms with E-state index in [2.05, 4.69) is 5.32 Å². The fourth-order valence-electron chi connectivity index (χ4n) is 3.92. The lowest BCUT2D eigenvalue weighted by atomic mass is 9.97. The van der Waals surface area contributed by atoms with Crippen molar-refractivity contribution in [2.24, 2.45) is 5.92 Å². The zero-order valence-corrected chi connectivity index (χ0v) is 19.8. The topological polar surface area (TPSA) is 75.7 Å². The van der Waals surface area contributed by atoms with E-state index in [0.29, 0.717) is 38.9 Å². The summed E-state index contributed by atoms with van der Waals surface area (Å²) in [5, 5.41) is 2.99. The van der Waals surface area contributed by atoms with Gasteiger partial charge in [0.15, 0.2) is 0 Å². The fraction of sp³-hybridized carbons (Fsp3) is 0.480. The molecule has 3 rings (SSSR count). The third-order valence-electron chi connectivity index (χ3n) is 5.69. The van der Waals surface area contributed by atoms with Crippen molar-refractivity contribution >= 4 is 15.9 Å². The number of carbonyl (C=O) groups excluding carboxylic acids is 1. The van der Waals surface area contributed by atoms with Gasteiger partial charge in [0.05, 0.1) is 11.9 Å². The highest BCUT2D eigenvalue weighted by Gasteiger charge is 2.30. The van der Waals surface area contributed by atoms with Gasteiger partial charge in [0.2, 0.25) is 15.9 Å². The summed E-state index contributed by atoms with van der Waals surface area (Å²) in [5.74, 6) is 0.810. The standard InChI is InChI=1S/C25H34N2O4S/c1-20(2)31-24-12-10-22(11-13-24)19-26-25(28)23-14-16-27(17-15-23)32(29,30)18-6-9-21-7-4-3-5-8-21/h3-5,7-8,10-13,20,23H,6,9,14-19H2,1-2H3,(H,26,28). The van der Waals surface area contributed by atoms with Gasteiger partial charge in [0.1, 0.15) is 5.75 Å². The molecule has 174 valence electrons. The van der Waals surface area contributed by atoms with Crippen molar-refractivity contribution < 1.29 is 17.9 Å². The highest BCUT2D eigenvalue weighted by atomic mass is 32.2. The lowest BCUT2D eigenvalue weighted by Gasteiger charge is -2.30. The van der Waals surface area contributed by atoms with Crippen LogP contribution in [0.4, 0.5) is 0 Å². The first kappa shape index (κ1) is 24.3. The van der Waals surface area contributed by atoms with Crippen molar-refractivity contribution in [3.63, 3.8) is 0 Å². The molecule has 0 unspecified atom stereocenters. The Bertz CT molecular complexity index is 951. The van der Waals surface area contributed by atoms with Crippen LogP contribution in [0.3, 0.4) is 0 Å². The Labute approximate surface area is 192 Å². The Kier molecular flexibility index (Phi) is 8.70. The maximum Gasteiger partial charge on any atom is 0.223 e. The number of piperidine rings is 1. The average molecular weight is 459 g/mol. The molecule has 1 N–H and O–H groups in total. The quantitative estimate of drug-likeness (QED) is 0.588. The van der Waals surface area contributed by atoms with Crippen molar-refractivity contribution in [1.82, 2.24) is 9.62 Å². The molecule has 0 radical (unpaired) electrons. The highest BCUT2D eigenvalue weighted by molar-refractivity contribution is 7.89. The maximum atomic E-state index is 12.7. The molecule has 1 amide bonds. The van der Waals surface area contributed by atoms with Gasteiger partial charge in [0, 0.05) is 25.6 Å². The number of amides is 1. The molecule has 1 heterocycles. The zero-order valence-electron chi connectivity index (χ0n) is 19.0. The summed E-state index contributed by atoms with van der Waals surface area (Å²) < 4.78 is 32.5. The van der Waals surface area contributed by atoms with E-state index in [0.717, 1.165) is 23.3 Å². The van der Waals surface area contributed by atoms with E-state index in [1.54, 1.807) is 4.31 Å². The lowest BCUT2D eigenvalue weighted by molar-refractivity contribution is -0.126. The van der Waals surface area contributed by atoms with E-state index in [-0.39, 0.29) is 23.7 Å². The van der Waals surface area contributed by atoms with E-state index < -0.39 is 10.0 Å². The molecular weight excluding hydrogens is 424 g/mol. The third-order valence-corrected chi connectivity index (χ3v) is 7.65. The predicted molar refractivity (Wildman–Crippen MR) is 127 cm³/mol. The largest absolute Gasteiger partial charge is 0.491 e. The van der Waals surface area contributed by atoms with Crippen molar-refractivity contribution in [2.45, 2.75) is 52.2 Å². The molecule has 1 fully saturated rings. The first-order chi connectivity index (χ1) is 15.3. The molecule has 7 heteroatoms. The summed E-state index contributed by atoms with van der Waals surface area (Å²) in [6.45, 7) is 5.24. The normalized spacial score (nSPS) is 15.6. The number of ether oxygens (including phenoxy) is 1.